The molecule has 3 atom stereocenters. The van der Waals surface area contributed by atoms with Gasteiger partial charge in [-0.3, -0.25) is 13.8 Å². The maximum absolute atomic E-state index is 12.9. The maximum atomic E-state index is 12.9. The first-order valence-electron chi connectivity index (χ1n) is 22.5. The Balaban J connectivity index is 4.44. The molecule has 0 aromatic carbocycles. The Morgan fingerprint density at radius 2 is 1.04 bits per heavy atom. The van der Waals surface area contributed by atoms with Crippen LogP contribution in [0.1, 0.15) is 187 Å². The van der Waals surface area contributed by atoms with E-state index in [4.69, 9.17) is 9.05 Å². The largest absolute Gasteiger partial charge is 0.472 e. The number of carbonyl (C=O) groups is 1. The molecular weight excluding hydrogens is 707 g/mol. The van der Waals surface area contributed by atoms with Crippen LogP contribution >= 0.6 is 7.82 Å². The number of rotatable bonds is 40. The number of hydrogen-bond acceptors (Lipinski definition) is 5. The number of aliphatic hydroxyl groups excluding tert-OH is 1. The van der Waals surface area contributed by atoms with E-state index in [1.54, 1.807) is 0 Å². The molecule has 0 rings (SSSR count). The standard InChI is InChI=1S/C46H87N2O6P/c1-6-8-10-12-14-16-18-20-21-22-23-24-25-26-27-28-30-32-34-36-38-40-46(50)47-44(43-54-55(51,52)53-42-41-48(3,4)5)45(49)39-37-35-33-31-29-19-17-15-13-11-9-7-2/h21-22,24-25,27-28,32,34,44-45,49H,6-20,23,26,29-31,33,35-43H2,1-5H3,(H-,47,50,51,52)/p+1/b22-21+,25-24+,28-27+,34-32+/t44-,45+/m0/s1. The van der Waals surface area contributed by atoms with Crippen LogP contribution in [0.25, 0.3) is 0 Å². The molecule has 0 fully saturated rings. The van der Waals surface area contributed by atoms with E-state index in [0.717, 1.165) is 44.9 Å². The summed E-state index contributed by atoms with van der Waals surface area (Å²) in [6.07, 6.45) is 47.2. The smallest absolute Gasteiger partial charge is 0.391 e. The number of amides is 1. The summed E-state index contributed by atoms with van der Waals surface area (Å²) in [5, 5.41) is 13.9. The number of phosphoric acid groups is 1. The van der Waals surface area contributed by atoms with Gasteiger partial charge in [0.05, 0.1) is 39.9 Å². The van der Waals surface area contributed by atoms with E-state index in [9.17, 15) is 19.4 Å². The first-order valence-corrected chi connectivity index (χ1v) is 24.0. The van der Waals surface area contributed by atoms with E-state index in [2.05, 4.69) is 67.8 Å². The van der Waals surface area contributed by atoms with Crippen LogP contribution in [0.5, 0.6) is 0 Å². The number of likely N-dealkylation sites (N-methyl/N-ethyl adjacent to an activating group) is 1. The molecule has 1 unspecified atom stereocenters. The fraction of sp³-hybridized carbons (Fsp3) is 0.804. The SMILES string of the molecule is CCCCCCCCC/C=C/C/C=C/C/C=C/C/C=C/CCCC(=O)N[C@@H](COP(=O)(O)OCC[N+](C)(C)C)[C@H](O)CCCCCCCCCCCCCC. The number of aliphatic hydroxyl groups is 1. The predicted molar refractivity (Wildman–Crippen MR) is 235 cm³/mol. The zero-order valence-corrected chi connectivity index (χ0v) is 37.3. The highest BCUT2D eigenvalue weighted by atomic mass is 31.2. The molecule has 0 aromatic heterocycles. The van der Waals surface area contributed by atoms with Crippen molar-refractivity contribution < 1.29 is 32.9 Å². The molecule has 322 valence electrons. The number of nitrogens with one attached hydrogen (secondary N) is 1. The molecule has 8 nitrogen and oxygen atoms in total. The molecule has 9 heteroatoms. The van der Waals surface area contributed by atoms with Crippen molar-refractivity contribution in [2.45, 2.75) is 199 Å². The number of carbonyl (C=O) groups excluding carboxylic acids is 1. The Bertz CT molecular complexity index is 1040. The second kappa shape index (κ2) is 38.0. The zero-order valence-electron chi connectivity index (χ0n) is 36.4. The van der Waals surface area contributed by atoms with Crippen LogP contribution in [-0.4, -0.2) is 73.4 Å². The maximum Gasteiger partial charge on any atom is 0.472 e. The highest BCUT2D eigenvalue weighted by molar-refractivity contribution is 7.47. The van der Waals surface area contributed by atoms with Gasteiger partial charge in [0.25, 0.3) is 0 Å². The first-order chi connectivity index (χ1) is 26.5. The summed E-state index contributed by atoms with van der Waals surface area (Å²) in [5.74, 6) is -0.200. The quantitative estimate of drug-likeness (QED) is 0.0247. The van der Waals surface area contributed by atoms with Crippen LogP contribution in [0.2, 0.25) is 0 Å². The van der Waals surface area contributed by atoms with E-state index < -0.39 is 20.0 Å². The van der Waals surface area contributed by atoms with Gasteiger partial charge in [-0.2, -0.15) is 0 Å². The van der Waals surface area contributed by atoms with Crippen molar-refractivity contribution in [1.29, 1.82) is 0 Å². The van der Waals surface area contributed by atoms with E-state index in [0.29, 0.717) is 30.3 Å². The molecule has 0 radical (unpaired) electrons. The Morgan fingerprint density at radius 3 is 1.51 bits per heavy atom. The molecule has 1 amide bonds. The average Bonchev–Trinajstić information content (AvgIpc) is 3.13. The molecule has 0 heterocycles. The summed E-state index contributed by atoms with van der Waals surface area (Å²) in [6, 6.07) is -0.789. The number of unbranched alkanes of at least 4 members (excludes halogenated alkanes) is 19. The third-order valence-corrected chi connectivity index (χ3v) is 10.8. The average molecular weight is 796 g/mol. The van der Waals surface area contributed by atoms with Gasteiger partial charge in [-0.15, -0.1) is 0 Å². The summed E-state index contributed by atoms with van der Waals surface area (Å²) in [5.41, 5.74) is 0. The van der Waals surface area contributed by atoms with Gasteiger partial charge in [-0.1, -0.05) is 178 Å². The van der Waals surface area contributed by atoms with E-state index in [1.807, 2.05) is 21.1 Å². The van der Waals surface area contributed by atoms with Crippen LogP contribution in [0.4, 0.5) is 0 Å². The lowest BCUT2D eigenvalue weighted by Gasteiger charge is -2.26. The van der Waals surface area contributed by atoms with E-state index in [-0.39, 0.29) is 19.1 Å². The number of phosphoric ester groups is 1. The molecule has 0 aromatic rings. The highest BCUT2D eigenvalue weighted by Crippen LogP contribution is 2.43. The van der Waals surface area contributed by atoms with Crippen molar-refractivity contribution in [3.8, 4) is 0 Å². The van der Waals surface area contributed by atoms with Crippen molar-refractivity contribution in [3.63, 3.8) is 0 Å². The van der Waals surface area contributed by atoms with Crippen LogP contribution in [0.3, 0.4) is 0 Å². The third kappa shape index (κ3) is 40.5. The van der Waals surface area contributed by atoms with Crippen LogP contribution < -0.4 is 5.32 Å². The normalized spacial score (nSPS) is 14.8. The first kappa shape index (κ1) is 53.5. The number of allylic oxidation sites excluding steroid dienone is 8. The Labute approximate surface area is 339 Å². The Kier molecular flexibility index (Phi) is 36.9. The van der Waals surface area contributed by atoms with Gasteiger partial charge < -0.3 is 19.8 Å². The molecule has 55 heavy (non-hydrogen) atoms. The Hall–Kier alpha value is -1.54. The van der Waals surface area contributed by atoms with Gasteiger partial charge in [0, 0.05) is 6.42 Å². The van der Waals surface area contributed by atoms with Crippen molar-refractivity contribution in [1.82, 2.24) is 5.32 Å². The molecule has 0 aliphatic rings. The minimum atomic E-state index is -4.33. The van der Waals surface area contributed by atoms with Crippen molar-refractivity contribution in [3.05, 3.63) is 48.6 Å². The molecule has 0 aliphatic heterocycles. The van der Waals surface area contributed by atoms with Crippen LogP contribution in [0, 0.1) is 0 Å². The van der Waals surface area contributed by atoms with Crippen molar-refractivity contribution >= 4 is 13.7 Å². The second-order valence-electron chi connectivity index (χ2n) is 16.4. The zero-order chi connectivity index (χ0) is 40.7. The number of nitrogens with zero attached hydrogens (tertiary/aromatic N) is 1. The molecule has 3 N–H and O–H groups in total. The summed E-state index contributed by atoms with van der Waals surface area (Å²) >= 11 is 0. The lowest BCUT2D eigenvalue weighted by atomic mass is 10.0. The Morgan fingerprint density at radius 1 is 0.618 bits per heavy atom. The fourth-order valence-corrected chi connectivity index (χ4v) is 6.95. The van der Waals surface area contributed by atoms with Crippen LogP contribution in [-0.2, 0) is 18.4 Å². The molecule has 0 saturated heterocycles. The molecule has 0 bridgehead atoms. The highest BCUT2D eigenvalue weighted by Gasteiger charge is 2.28. The third-order valence-electron chi connectivity index (χ3n) is 9.83. The van der Waals surface area contributed by atoms with Gasteiger partial charge in [0.15, 0.2) is 0 Å². The summed E-state index contributed by atoms with van der Waals surface area (Å²) < 4.78 is 23.6. The lowest BCUT2D eigenvalue weighted by molar-refractivity contribution is -0.870. The van der Waals surface area contributed by atoms with E-state index in [1.165, 1.54) is 109 Å². The molecule has 0 spiro atoms. The van der Waals surface area contributed by atoms with Crippen molar-refractivity contribution in [2.24, 2.45) is 0 Å². The number of hydrogen-bond donors (Lipinski definition) is 3. The monoisotopic (exact) mass is 796 g/mol. The van der Waals surface area contributed by atoms with Crippen LogP contribution in [0.15, 0.2) is 48.6 Å². The topological polar surface area (TPSA) is 105 Å². The fourth-order valence-electron chi connectivity index (χ4n) is 6.21. The second-order valence-corrected chi connectivity index (χ2v) is 17.9. The van der Waals surface area contributed by atoms with Gasteiger partial charge in [-0.25, -0.2) is 4.57 Å². The lowest BCUT2D eigenvalue weighted by Crippen LogP contribution is -2.46. The van der Waals surface area contributed by atoms with Crippen molar-refractivity contribution in [2.75, 3.05) is 40.9 Å². The summed E-state index contributed by atoms with van der Waals surface area (Å²) in [7, 11) is 1.58. The van der Waals surface area contributed by atoms with Gasteiger partial charge in [0.2, 0.25) is 5.91 Å². The van der Waals surface area contributed by atoms with E-state index >= 15 is 0 Å². The number of quaternary nitrogens is 1. The van der Waals surface area contributed by atoms with Gasteiger partial charge in [0.1, 0.15) is 13.2 Å². The molecule has 0 saturated carbocycles. The molecular formula is C46H88N2O6P+. The molecule has 0 aliphatic carbocycles. The summed E-state index contributed by atoms with van der Waals surface area (Å²) in [4.78, 5) is 23.1. The summed E-state index contributed by atoms with van der Waals surface area (Å²) in [6.45, 7) is 4.82. The van der Waals surface area contributed by atoms with Gasteiger partial charge >= 0.3 is 7.82 Å². The predicted octanol–water partition coefficient (Wildman–Crippen LogP) is 12.5. The minimum absolute atomic E-state index is 0.0629. The minimum Gasteiger partial charge on any atom is -0.391 e. The van der Waals surface area contributed by atoms with Gasteiger partial charge in [-0.05, 0) is 51.4 Å².